The van der Waals surface area contributed by atoms with Crippen LogP contribution >= 0.6 is 0 Å². The quantitative estimate of drug-likeness (QED) is 0.682. The number of carbonyl (C=O) groups excluding carboxylic acids is 2. The summed E-state index contributed by atoms with van der Waals surface area (Å²) in [5.74, 6) is 0.336. The van der Waals surface area contributed by atoms with Crippen molar-refractivity contribution in [2.75, 3.05) is 26.2 Å². The van der Waals surface area contributed by atoms with Crippen LogP contribution in [0.3, 0.4) is 0 Å². The number of nitrogens with one attached hydrogen (secondary N) is 1. The number of para-hydroxylation sites is 1. The summed E-state index contributed by atoms with van der Waals surface area (Å²) >= 11 is 0. The van der Waals surface area contributed by atoms with E-state index >= 15 is 0 Å². The van der Waals surface area contributed by atoms with Gasteiger partial charge < -0.3 is 15.0 Å². The Morgan fingerprint density at radius 3 is 2.50 bits per heavy atom. The summed E-state index contributed by atoms with van der Waals surface area (Å²) in [4.78, 5) is 26.7. The first kappa shape index (κ1) is 20.3. The Morgan fingerprint density at radius 2 is 1.77 bits per heavy atom. The predicted octanol–water partition coefficient (Wildman–Crippen LogP) is 3.78. The molecule has 1 aliphatic heterocycles. The maximum Gasteiger partial charge on any atom is 0.260 e. The molecule has 0 atom stereocenters. The van der Waals surface area contributed by atoms with E-state index in [9.17, 15) is 9.59 Å². The molecule has 0 radical (unpaired) electrons. The van der Waals surface area contributed by atoms with Crippen molar-refractivity contribution in [3.63, 3.8) is 0 Å². The molecule has 1 fully saturated rings. The van der Waals surface area contributed by atoms with Crippen molar-refractivity contribution in [3.8, 4) is 5.75 Å². The molecule has 0 spiro atoms. The van der Waals surface area contributed by atoms with Gasteiger partial charge >= 0.3 is 0 Å². The van der Waals surface area contributed by atoms with Crippen LogP contribution in [0, 0.1) is 0 Å². The number of carbonyl (C=O) groups is 2. The van der Waals surface area contributed by atoms with Crippen LogP contribution in [0.5, 0.6) is 5.75 Å². The van der Waals surface area contributed by atoms with Crippen molar-refractivity contribution >= 4 is 11.8 Å². The zero-order valence-electron chi connectivity index (χ0n) is 16.0. The molecule has 1 saturated heterocycles. The Bertz CT molecular complexity index is 566. The first-order chi connectivity index (χ1) is 12.7. The normalized spacial score (nSPS) is 14.6. The molecule has 1 aliphatic rings. The lowest BCUT2D eigenvalue weighted by molar-refractivity contribution is -0.133. The number of ether oxygens (including phenoxy) is 1. The van der Waals surface area contributed by atoms with Gasteiger partial charge in [0.15, 0.2) is 6.61 Å². The van der Waals surface area contributed by atoms with Gasteiger partial charge in [-0.25, -0.2) is 0 Å². The highest BCUT2D eigenvalue weighted by Gasteiger charge is 2.17. The maximum absolute atomic E-state index is 12.4. The number of amides is 2. The zero-order valence-corrected chi connectivity index (χ0v) is 16.0. The van der Waals surface area contributed by atoms with E-state index in [-0.39, 0.29) is 18.4 Å². The second kappa shape index (κ2) is 11.6. The Labute approximate surface area is 157 Å². The maximum atomic E-state index is 12.4. The molecular weight excluding hydrogens is 328 g/mol. The summed E-state index contributed by atoms with van der Waals surface area (Å²) < 4.78 is 5.71. The van der Waals surface area contributed by atoms with E-state index in [1.165, 1.54) is 25.7 Å². The fourth-order valence-electron chi connectivity index (χ4n) is 3.18. The molecule has 26 heavy (non-hydrogen) atoms. The largest absolute Gasteiger partial charge is 0.483 e. The number of hydrogen-bond donors (Lipinski definition) is 1. The van der Waals surface area contributed by atoms with Crippen LogP contribution in [0.15, 0.2) is 24.3 Å². The van der Waals surface area contributed by atoms with Crippen molar-refractivity contribution in [1.82, 2.24) is 10.2 Å². The van der Waals surface area contributed by atoms with Gasteiger partial charge in [-0.3, -0.25) is 9.59 Å². The van der Waals surface area contributed by atoms with Crippen molar-refractivity contribution < 1.29 is 14.3 Å². The number of benzene rings is 1. The van der Waals surface area contributed by atoms with Gasteiger partial charge in [-0.1, -0.05) is 51.2 Å². The van der Waals surface area contributed by atoms with Crippen LogP contribution in [-0.4, -0.2) is 43.0 Å². The third kappa shape index (κ3) is 6.70. The summed E-state index contributed by atoms with van der Waals surface area (Å²) in [5, 5.41) is 2.94. The highest BCUT2D eigenvalue weighted by molar-refractivity contribution is 5.97. The van der Waals surface area contributed by atoms with E-state index in [1.807, 2.05) is 17.0 Å². The summed E-state index contributed by atoms with van der Waals surface area (Å²) in [7, 11) is 0. The van der Waals surface area contributed by atoms with E-state index in [4.69, 9.17) is 4.74 Å². The van der Waals surface area contributed by atoms with Crippen molar-refractivity contribution in [1.29, 1.82) is 0 Å². The Morgan fingerprint density at radius 1 is 1.04 bits per heavy atom. The van der Waals surface area contributed by atoms with Crippen LogP contribution in [0.1, 0.15) is 68.6 Å². The lowest BCUT2D eigenvalue weighted by Crippen LogP contribution is -2.35. The van der Waals surface area contributed by atoms with Crippen LogP contribution in [0.2, 0.25) is 0 Å². The van der Waals surface area contributed by atoms with E-state index in [0.717, 1.165) is 38.8 Å². The molecule has 1 heterocycles. The predicted molar refractivity (Wildman–Crippen MR) is 103 cm³/mol. The first-order valence-corrected chi connectivity index (χ1v) is 10.00. The van der Waals surface area contributed by atoms with E-state index in [0.29, 0.717) is 17.9 Å². The van der Waals surface area contributed by atoms with Crippen molar-refractivity contribution in [2.24, 2.45) is 0 Å². The number of nitrogens with zero attached hydrogens (tertiary/aromatic N) is 1. The zero-order chi connectivity index (χ0) is 18.6. The fraction of sp³-hybridized carbons (Fsp3) is 0.619. The molecule has 2 rings (SSSR count). The van der Waals surface area contributed by atoms with E-state index in [2.05, 4.69) is 12.2 Å². The highest BCUT2D eigenvalue weighted by atomic mass is 16.5. The molecule has 1 aromatic rings. The third-order valence-electron chi connectivity index (χ3n) is 4.76. The summed E-state index contributed by atoms with van der Waals surface area (Å²) in [5.41, 5.74) is 0.492. The van der Waals surface area contributed by atoms with Gasteiger partial charge in [0, 0.05) is 19.6 Å². The molecule has 0 bridgehead atoms. The number of likely N-dealkylation sites (tertiary alicyclic amines) is 1. The molecular formula is C21H32N2O3. The van der Waals surface area contributed by atoms with Crippen molar-refractivity contribution in [2.45, 2.75) is 58.3 Å². The lowest BCUT2D eigenvalue weighted by Gasteiger charge is -2.20. The summed E-state index contributed by atoms with van der Waals surface area (Å²) in [6.45, 7) is 4.43. The Balaban J connectivity index is 1.85. The third-order valence-corrected chi connectivity index (χ3v) is 4.76. The number of rotatable bonds is 9. The molecule has 5 heteroatoms. The van der Waals surface area contributed by atoms with E-state index < -0.39 is 0 Å². The van der Waals surface area contributed by atoms with Gasteiger partial charge in [-0.15, -0.1) is 0 Å². The molecule has 2 amide bonds. The first-order valence-electron chi connectivity index (χ1n) is 10.00. The SMILES string of the molecule is CCCCCCNC(=O)c1ccccc1OCC(=O)N1CCCCCC1. The van der Waals surface area contributed by atoms with Gasteiger partial charge in [-0.2, -0.15) is 0 Å². The van der Waals surface area contributed by atoms with Crippen LogP contribution in [0.25, 0.3) is 0 Å². The van der Waals surface area contributed by atoms with Crippen LogP contribution < -0.4 is 10.1 Å². The van der Waals surface area contributed by atoms with Gasteiger partial charge in [-0.05, 0) is 31.4 Å². The summed E-state index contributed by atoms with van der Waals surface area (Å²) in [6, 6.07) is 7.13. The monoisotopic (exact) mass is 360 g/mol. The fourth-order valence-corrected chi connectivity index (χ4v) is 3.18. The molecule has 0 saturated carbocycles. The Kier molecular flexibility index (Phi) is 9.01. The van der Waals surface area contributed by atoms with Gasteiger partial charge in [0.25, 0.3) is 11.8 Å². The minimum absolute atomic E-state index is 0.00155. The molecule has 0 unspecified atom stereocenters. The second-order valence-corrected chi connectivity index (χ2v) is 6.90. The second-order valence-electron chi connectivity index (χ2n) is 6.90. The van der Waals surface area contributed by atoms with Gasteiger partial charge in [0.05, 0.1) is 5.56 Å². The topological polar surface area (TPSA) is 58.6 Å². The molecule has 5 nitrogen and oxygen atoms in total. The molecule has 1 aromatic carbocycles. The average molecular weight is 360 g/mol. The molecule has 0 aliphatic carbocycles. The standard InChI is InChI=1S/C21H32N2O3/c1-2-3-4-9-14-22-21(25)18-12-7-8-13-19(18)26-17-20(24)23-15-10-5-6-11-16-23/h7-8,12-13H,2-6,9-11,14-17H2,1H3,(H,22,25). The summed E-state index contributed by atoms with van der Waals surface area (Å²) in [6.07, 6.45) is 8.96. The van der Waals surface area contributed by atoms with Crippen molar-refractivity contribution in [3.05, 3.63) is 29.8 Å². The van der Waals surface area contributed by atoms with Gasteiger partial charge in [0.1, 0.15) is 5.75 Å². The number of unbranched alkanes of at least 4 members (excludes halogenated alkanes) is 3. The van der Waals surface area contributed by atoms with Crippen LogP contribution in [-0.2, 0) is 4.79 Å². The lowest BCUT2D eigenvalue weighted by atomic mass is 10.1. The smallest absolute Gasteiger partial charge is 0.260 e. The Hall–Kier alpha value is -2.04. The minimum atomic E-state index is -0.140. The van der Waals surface area contributed by atoms with Gasteiger partial charge in [0.2, 0.25) is 0 Å². The molecule has 1 N–H and O–H groups in total. The molecule has 144 valence electrons. The average Bonchev–Trinajstić information content (AvgIpc) is 2.95. The van der Waals surface area contributed by atoms with Crippen LogP contribution in [0.4, 0.5) is 0 Å². The number of hydrogen-bond acceptors (Lipinski definition) is 3. The van der Waals surface area contributed by atoms with E-state index in [1.54, 1.807) is 12.1 Å². The highest BCUT2D eigenvalue weighted by Crippen LogP contribution is 2.18. The minimum Gasteiger partial charge on any atom is -0.483 e. The molecule has 0 aromatic heterocycles.